The molecular formula is C9H17NO3. The predicted molar refractivity (Wildman–Crippen MR) is 48.3 cm³/mol. The minimum Gasteiger partial charge on any atom is -0.393 e. The second-order valence-corrected chi connectivity index (χ2v) is 3.37. The van der Waals surface area contributed by atoms with Crippen LogP contribution in [-0.2, 0) is 9.53 Å². The van der Waals surface area contributed by atoms with Gasteiger partial charge in [-0.15, -0.1) is 0 Å². The van der Waals surface area contributed by atoms with Crippen molar-refractivity contribution < 1.29 is 14.6 Å². The van der Waals surface area contributed by atoms with Gasteiger partial charge < -0.3 is 14.7 Å². The number of methoxy groups -OCH3 is 1. The van der Waals surface area contributed by atoms with Crippen molar-refractivity contribution in [2.24, 2.45) is 0 Å². The first-order valence-electron chi connectivity index (χ1n) is 4.69. The molecule has 0 bridgehead atoms. The van der Waals surface area contributed by atoms with Crippen LogP contribution in [0.5, 0.6) is 0 Å². The molecule has 76 valence electrons. The molecule has 0 aromatic rings. The Bertz CT molecular complexity index is 172. The highest BCUT2D eigenvalue weighted by Gasteiger charge is 2.23. The van der Waals surface area contributed by atoms with E-state index in [9.17, 15) is 9.90 Å². The monoisotopic (exact) mass is 187 g/mol. The Labute approximate surface area is 78.5 Å². The number of ether oxygens (including phenoxy) is 1. The summed E-state index contributed by atoms with van der Waals surface area (Å²) in [6.07, 6.45) is 1.44. The number of hydrogen-bond acceptors (Lipinski definition) is 3. The normalized spacial score (nSPS) is 23.7. The van der Waals surface area contributed by atoms with Crippen LogP contribution in [0.2, 0.25) is 0 Å². The molecule has 1 amide bonds. The van der Waals surface area contributed by atoms with Gasteiger partial charge in [-0.2, -0.15) is 0 Å². The number of carbonyl (C=O) groups is 1. The summed E-state index contributed by atoms with van der Waals surface area (Å²) in [6, 6.07) is 0. The van der Waals surface area contributed by atoms with Crippen LogP contribution in [0.15, 0.2) is 0 Å². The van der Waals surface area contributed by atoms with Gasteiger partial charge in [0.25, 0.3) is 0 Å². The smallest absolute Gasteiger partial charge is 0.225 e. The van der Waals surface area contributed by atoms with Crippen molar-refractivity contribution in [1.29, 1.82) is 0 Å². The number of likely N-dealkylation sites (tertiary alicyclic amines) is 1. The molecule has 0 radical (unpaired) electrons. The lowest BCUT2D eigenvalue weighted by Crippen LogP contribution is -2.41. The minimum atomic E-state index is -0.425. The summed E-state index contributed by atoms with van der Waals surface area (Å²) in [7, 11) is 1.65. The Kier molecular flexibility index (Phi) is 4.18. The zero-order valence-corrected chi connectivity index (χ0v) is 8.03. The lowest BCUT2D eigenvalue weighted by Gasteiger charge is -2.29. The molecule has 1 aliphatic rings. The van der Waals surface area contributed by atoms with Crippen molar-refractivity contribution in [3.8, 4) is 0 Å². The molecule has 13 heavy (non-hydrogen) atoms. The molecule has 1 unspecified atom stereocenters. The van der Waals surface area contributed by atoms with Crippen LogP contribution >= 0.6 is 0 Å². The van der Waals surface area contributed by atoms with Gasteiger partial charge >= 0.3 is 0 Å². The van der Waals surface area contributed by atoms with E-state index in [2.05, 4.69) is 0 Å². The maximum atomic E-state index is 11.3. The van der Waals surface area contributed by atoms with Gasteiger partial charge in [0.05, 0.1) is 12.5 Å². The highest BCUT2D eigenvalue weighted by molar-refractivity contribution is 5.77. The van der Waals surface area contributed by atoms with Crippen molar-refractivity contribution >= 4 is 5.91 Å². The Morgan fingerprint density at radius 3 is 3.08 bits per heavy atom. The van der Waals surface area contributed by atoms with E-state index in [1.54, 1.807) is 12.0 Å². The number of rotatable bonds is 4. The predicted octanol–water partition coefficient (Wildman–Crippen LogP) is 0.00620. The fourth-order valence-electron chi connectivity index (χ4n) is 1.50. The number of hydrogen-bond donors (Lipinski definition) is 1. The largest absolute Gasteiger partial charge is 0.393 e. The summed E-state index contributed by atoms with van der Waals surface area (Å²) >= 11 is 0. The third-order valence-corrected chi connectivity index (χ3v) is 2.27. The van der Waals surface area contributed by atoms with Gasteiger partial charge in [-0.25, -0.2) is 0 Å². The number of piperidine rings is 1. The zero-order valence-electron chi connectivity index (χ0n) is 8.03. The molecule has 0 aliphatic carbocycles. The van der Waals surface area contributed by atoms with E-state index in [0.29, 0.717) is 19.6 Å². The first-order chi connectivity index (χ1) is 6.24. The van der Waals surface area contributed by atoms with Crippen LogP contribution in [0, 0.1) is 0 Å². The zero-order chi connectivity index (χ0) is 9.68. The lowest BCUT2D eigenvalue weighted by atomic mass is 10.1. The number of aliphatic hydroxyl groups excluding tert-OH is 1. The van der Waals surface area contributed by atoms with Gasteiger partial charge in [0.1, 0.15) is 0 Å². The highest BCUT2D eigenvalue weighted by Crippen LogP contribution is 2.11. The van der Waals surface area contributed by atoms with Gasteiger partial charge in [-0.05, 0) is 12.8 Å². The standard InChI is InChI=1S/C9H17NO3/c1-13-6-2-4-10-5-3-8(11)7-9(10)12/h8,11H,2-7H2,1H3. The van der Waals surface area contributed by atoms with E-state index in [4.69, 9.17) is 4.74 Å². The van der Waals surface area contributed by atoms with E-state index in [1.807, 2.05) is 0 Å². The van der Waals surface area contributed by atoms with E-state index < -0.39 is 6.10 Å². The molecule has 1 aliphatic heterocycles. The molecule has 1 N–H and O–H groups in total. The topological polar surface area (TPSA) is 49.8 Å². The van der Waals surface area contributed by atoms with Crippen molar-refractivity contribution in [2.45, 2.75) is 25.4 Å². The lowest BCUT2D eigenvalue weighted by molar-refractivity contribution is -0.137. The van der Waals surface area contributed by atoms with E-state index in [1.165, 1.54) is 0 Å². The van der Waals surface area contributed by atoms with Gasteiger partial charge in [0.15, 0.2) is 0 Å². The van der Waals surface area contributed by atoms with Crippen molar-refractivity contribution in [1.82, 2.24) is 4.90 Å². The van der Waals surface area contributed by atoms with Gasteiger partial charge in [0.2, 0.25) is 5.91 Å². The van der Waals surface area contributed by atoms with Crippen LogP contribution in [0.25, 0.3) is 0 Å². The number of amides is 1. The molecule has 1 atom stereocenters. The molecule has 1 saturated heterocycles. The third-order valence-electron chi connectivity index (χ3n) is 2.27. The minimum absolute atomic E-state index is 0.0647. The van der Waals surface area contributed by atoms with E-state index in [-0.39, 0.29) is 12.3 Å². The molecule has 0 saturated carbocycles. The Balaban J connectivity index is 2.22. The second-order valence-electron chi connectivity index (χ2n) is 3.37. The quantitative estimate of drug-likeness (QED) is 0.630. The molecule has 1 rings (SSSR count). The van der Waals surface area contributed by atoms with Crippen molar-refractivity contribution in [3.63, 3.8) is 0 Å². The summed E-state index contributed by atoms with van der Waals surface area (Å²) in [5.74, 6) is 0.0647. The highest BCUT2D eigenvalue weighted by atomic mass is 16.5. The number of aliphatic hydroxyl groups is 1. The fourth-order valence-corrected chi connectivity index (χ4v) is 1.50. The first-order valence-corrected chi connectivity index (χ1v) is 4.69. The van der Waals surface area contributed by atoms with Gasteiger partial charge in [-0.1, -0.05) is 0 Å². The van der Waals surface area contributed by atoms with Crippen LogP contribution in [0.4, 0.5) is 0 Å². The number of carbonyl (C=O) groups excluding carboxylic acids is 1. The molecule has 4 nitrogen and oxygen atoms in total. The maximum Gasteiger partial charge on any atom is 0.225 e. The van der Waals surface area contributed by atoms with Crippen molar-refractivity contribution in [3.05, 3.63) is 0 Å². The Morgan fingerprint density at radius 2 is 2.46 bits per heavy atom. The van der Waals surface area contributed by atoms with Gasteiger partial charge in [0, 0.05) is 26.8 Å². The summed E-state index contributed by atoms with van der Waals surface area (Å²) in [4.78, 5) is 13.1. The van der Waals surface area contributed by atoms with Crippen LogP contribution in [0.1, 0.15) is 19.3 Å². The molecule has 0 spiro atoms. The molecule has 1 fully saturated rings. The summed E-state index contributed by atoms with van der Waals surface area (Å²) < 4.78 is 4.90. The molecule has 1 heterocycles. The Morgan fingerprint density at radius 1 is 1.69 bits per heavy atom. The summed E-state index contributed by atoms with van der Waals surface area (Å²) in [6.45, 7) is 2.12. The van der Waals surface area contributed by atoms with Gasteiger partial charge in [-0.3, -0.25) is 4.79 Å². The number of nitrogens with zero attached hydrogens (tertiary/aromatic N) is 1. The molecule has 4 heteroatoms. The maximum absolute atomic E-state index is 11.3. The van der Waals surface area contributed by atoms with Crippen LogP contribution in [-0.4, -0.2) is 48.8 Å². The fraction of sp³-hybridized carbons (Fsp3) is 0.889. The summed E-state index contributed by atoms with van der Waals surface area (Å²) in [5, 5.41) is 9.20. The average molecular weight is 187 g/mol. The van der Waals surface area contributed by atoms with E-state index >= 15 is 0 Å². The molecule has 0 aromatic carbocycles. The molecule has 0 aromatic heterocycles. The summed E-state index contributed by atoms with van der Waals surface area (Å²) in [5.41, 5.74) is 0. The molecular weight excluding hydrogens is 170 g/mol. The average Bonchev–Trinajstić information content (AvgIpc) is 2.09. The Hall–Kier alpha value is -0.610. The second kappa shape index (κ2) is 5.19. The SMILES string of the molecule is COCCCN1CCC(O)CC1=O. The first kappa shape index (κ1) is 10.5. The third kappa shape index (κ3) is 3.32. The van der Waals surface area contributed by atoms with Crippen molar-refractivity contribution in [2.75, 3.05) is 26.8 Å². The van der Waals surface area contributed by atoms with Crippen LogP contribution in [0.3, 0.4) is 0 Å². The van der Waals surface area contributed by atoms with Crippen LogP contribution < -0.4 is 0 Å². The van der Waals surface area contributed by atoms with E-state index in [0.717, 1.165) is 13.0 Å².